The molecule has 3 rings (SSSR count). The van der Waals surface area contributed by atoms with Crippen LogP contribution >= 0.6 is 0 Å². The highest BCUT2D eigenvalue weighted by Gasteiger charge is 2.52. The molecule has 2 nitrogen and oxygen atoms in total. The van der Waals surface area contributed by atoms with E-state index in [1.54, 1.807) is 0 Å². The molecule has 0 saturated carbocycles. The van der Waals surface area contributed by atoms with Gasteiger partial charge in [-0.15, -0.1) is 0 Å². The Hall–Kier alpha value is -1.58. The van der Waals surface area contributed by atoms with Gasteiger partial charge in [0, 0.05) is 0 Å². The zero-order valence-corrected chi connectivity index (χ0v) is 19.9. The normalized spacial score (nSPS) is 18.9. The molecule has 1 aliphatic heterocycles. The van der Waals surface area contributed by atoms with Crippen molar-refractivity contribution in [1.29, 1.82) is 0 Å². The van der Waals surface area contributed by atoms with Crippen molar-refractivity contribution >= 4 is 12.6 Å². The van der Waals surface area contributed by atoms with E-state index in [1.165, 1.54) is 22.3 Å². The van der Waals surface area contributed by atoms with Crippen LogP contribution in [0, 0.1) is 0 Å². The highest BCUT2D eigenvalue weighted by molar-refractivity contribution is 6.62. The maximum absolute atomic E-state index is 6.42. The van der Waals surface area contributed by atoms with Crippen LogP contribution in [0.25, 0.3) is 11.1 Å². The minimum atomic E-state index is -0.358. The second-order valence-electron chi connectivity index (χ2n) is 11.5. The van der Waals surface area contributed by atoms with Gasteiger partial charge >= 0.3 is 7.12 Å². The van der Waals surface area contributed by atoms with Crippen molar-refractivity contribution < 1.29 is 9.31 Å². The van der Waals surface area contributed by atoms with Crippen LogP contribution in [0.3, 0.4) is 0 Å². The lowest BCUT2D eigenvalue weighted by Crippen LogP contribution is -2.41. The Labute approximate surface area is 178 Å². The Bertz CT molecular complexity index is 864. The molecule has 156 valence electrons. The number of hydrogen-bond donors (Lipinski definition) is 0. The molecule has 29 heavy (non-hydrogen) atoms. The van der Waals surface area contributed by atoms with Gasteiger partial charge in [0.15, 0.2) is 0 Å². The zero-order chi connectivity index (χ0) is 21.8. The molecule has 0 spiro atoms. The minimum Gasteiger partial charge on any atom is -0.399 e. The van der Waals surface area contributed by atoms with E-state index in [4.69, 9.17) is 9.31 Å². The highest BCUT2D eigenvalue weighted by atomic mass is 16.7. The second kappa shape index (κ2) is 6.99. The van der Waals surface area contributed by atoms with Gasteiger partial charge in [-0.25, -0.2) is 0 Å². The lowest BCUT2D eigenvalue weighted by Gasteiger charge is -2.32. The number of benzene rings is 2. The Morgan fingerprint density at radius 2 is 1.14 bits per heavy atom. The van der Waals surface area contributed by atoms with Crippen molar-refractivity contribution in [3.63, 3.8) is 0 Å². The Kier molecular flexibility index (Phi) is 5.33. The van der Waals surface area contributed by atoms with Gasteiger partial charge in [-0.2, -0.15) is 0 Å². The average Bonchev–Trinajstić information content (AvgIpc) is 2.80. The summed E-state index contributed by atoms with van der Waals surface area (Å²) in [5, 5.41) is 0. The van der Waals surface area contributed by atoms with Gasteiger partial charge in [0.25, 0.3) is 0 Å². The number of hydrogen-bond acceptors (Lipinski definition) is 2. The molecule has 0 aromatic heterocycles. The third-order valence-corrected chi connectivity index (χ3v) is 6.45. The first-order valence-electron chi connectivity index (χ1n) is 10.7. The van der Waals surface area contributed by atoms with Crippen molar-refractivity contribution in [3.8, 4) is 11.1 Å². The van der Waals surface area contributed by atoms with Crippen LogP contribution < -0.4 is 5.46 Å². The van der Waals surface area contributed by atoms with Gasteiger partial charge in [-0.1, -0.05) is 84.0 Å². The quantitative estimate of drug-likeness (QED) is 0.563. The Morgan fingerprint density at radius 3 is 1.59 bits per heavy atom. The largest absolute Gasteiger partial charge is 0.495 e. The molecular weight excluding hydrogens is 355 g/mol. The van der Waals surface area contributed by atoms with Gasteiger partial charge < -0.3 is 9.31 Å². The molecule has 0 N–H and O–H groups in total. The molecule has 1 heterocycles. The lowest BCUT2D eigenvalue weighted by molar-refractivity contribution is 0.00578. The van der Waals surface area contributed by atoms with Gasteiger partial charge in [0.05, 0.1) is 11.2 Å². The summed E-state index contributed by atoms with van der Waals surface area (Å²) in [6.07, 6.45) is 0. The van der Waals surface area contributed by atoms with E-state index >= 15 is 0 Å². The SMILES string of the molecule is CC(C)(C)c1ccc(-c2ccc(C(C)(C)C)c(B3OC(C)(C)C(C)(C)O3)c2)cc1. The molecule has 2 aromatic carbocycles. The van der Waals surface area contributed by atoms with Gasteiger partial charge in [-0.05, 0) is 66.2 Å². The van der Waals surface area contributed by atoms with Crippen molar-refractivity contribution in [2.75, 3.05) is 0 Å². The molecule has 0 bridgehead atoms. The molecule has 0 aliphatic carbocycles. The summed E-state index contributed by atoms with van der Waals surface area (Å²) in [7, 11) is -0.358. The maximum atomic E-state index is 6.42. The van der Waals surface area contributed by atoms with E-state index in [0.717, 1.165) is 5.46 Å². The summed E-state index contributed by atoms with van der Waals surface area (Å²) in [6, 6.07) is 15.6. The molecule has 0 radical (unpaired) electrons. The van der Waals surface area contributed by atoms with Crippen molar-refractivity contribution in [3.05, 3.63) is 53.6 Å². The van der Waals surface area contributed by atoms with E-state index in [0.29, 0.717) is 0 Å². The van der Waals surface area contributed by atoms with Crippen LogP contribution in [0.15, 0.2) is 42.5 Å². The van der Waals surface area contributed by atoms with E-state index in [9.17, 15) is 0 Å². The zero-order valence-electron chi connectivity index (χ0n) is 19.9. The smallest absolute Gasteiger partial charge is 0.399 e. The maximum Gasteiger partial charge on any atom is 0.495 e. The van der Waals surface area contributed by atoms with Crippen LogP contribution in [0.5, 0.6) is 0 Å². The predicted octanol–water partition coefficient (Wildman–Crippen LogP) is 6.25. The average molecular weight is 392 g/mol. The summed E-state index contributed by atoms with van der Waals surface area (Å²) in [5.41, 5.74) is 5.63. The highest BCUT2D eigenvalue weighted by Crippen LogP contribution is 2.38. The summed E-state index contributed by atoms with van der Waals surface area (Å²) >= 11 is 0. The Morgan fingerprint density at radius 1 is 0.655 bits per heavy atom. The van der Waals surface area contributed by atoms with Gasteiger partial charge in [0.2, 0.25) is 0 Å². The van der Waals surface area contributed by atoms with E-state index in [1.807, 2.05) is 0 Å². The molecule has 0 atom stereocenters. The standard InChI is InChI=1S/C26H37BO2/c1-23(2,3)20-14-11-18(12-15-20)19-13-16-21(24(4,5)6)22(17-19)27-28-25(7,8)26(9,10)29-27/h11-17H,1-10H3. The van der Waals surface area contributed by atoms with Crippen LogP contribution in [0.2, 0.25) is 0 Å². The topological polar surface area (TPSA) is 18.5 Å². The molecular formula is C26H37BO2. The minimum absolute atomic E-state index is 0.00749. The van der Waals surface area contributed by atoms with Gasteiger partial charge in [-0.3, -0.25) is 0 Å². The molecule has 0 unspecified atom stereocenters. The lowest BCUT2D eigenvalue weighted by atomic mass is 9.69. The van der Waals surface area contributed by atoms with Crippen LogP contribution in [0.1, 0.15) is 80.4 Å². The molecule has 2 aromatic rings. The van der Waals surface area contributed by atoms with Crippen LogP contribution in [-0.2, 0) is 20.1 Å². The molecule has 3 heteroatoms. The van der Waals surface area contributed by atoms with E-state index in [2.05, 4.69) is 112 Å². The fraction of sp³-hybridized carbons (Fsp3) is 0.538. The molecule has 1 saturated heterocycles. The first-order valence-corrected chi connectivity index (χ1v) is 10.7. The fourth-order valence-corrected chi connectivity index (χ4v) is 3.75. The summed E-state index contributed by atoms with van der Waals surface area (Å²) in [6.45, 7) is 21.9. The van der Waals surface area contributed by atoms with Crippen molar-refractivity contribution in [2.45, 2.75) is 91.3 Å². The Balaban J connectivity index is 2.06. The third-order valence-electron chi connectivity index (χ3n) is 6.45. The fourth-order valence-electron chi connectivity index (χ4n) is 3.75. The molecule has 0 amide bonds. The van der Waals surface area contributed by atoms with Crippen molar-refractivity contribution in [2.24, 2.45) is 0 Å². The first kappa shape index (κ1) is 22.1. The van der Waals surface area contributed by atoms with E-state index < -0.39 is 0 Å². The summed E-state index contributed by atoms with van der Waals surface area (Å²) in [4.78, 5) is 0. The summed E-state index contributed by atoms with van der Waals surface area (Å²) in [5.74, 6) is 0. The van der Waals surface area contributed by atoms with Crippen molar-refractivity contribution in [1.82, 2.24) is 0 Å². The monoisotopic (exact) mass is 392 g/mol. The predicted molar refractivity (Wildman–Crippen MR) is 125 cm³/mol. The molecule has 1 aliphatic rings. The second-order valence-corrected chi connectivity index (χ2v) is 11.5. The van der Waals surface area contributed by atoms with Gasteiger partial charge in [0.1, 0.15) is 0 Å². The van der Waals surface area contributed by atoms with E-state index in [-0.39, 0.29) is 29.2 Å². The number of rotatable bonds is 2. The first-order chi connectivity index (χ1) is 13.1. The summed E-state index contributed by atoms with van der Waals surface area (Å²) < 4.78 is 12.8. The van der Waals surface area contributed by atoms with Crippen LogP contribution in [-0.4, -0.2) is 18.3 Å². The van der Waals surface area contributed by atoms with Crippen LogP contribution in [0.4, 0.5) is 0 Å². The third kappa shape index (κ3) is 4.32. The molecule has 1 fully saturated rings.